The number of hydrogen-bond donors (Lipinski definition) is 1. The molecular formula is C17H20N2O. The molecule has 0 amide bonds. The molecule has 2 heterocycles. The molecule has 0 spiro atoms. The van der Waals surface area contributed by atoms with Gasteiger partial charge in [-0.05, 0) is 50.4 Å². The number of ether oxygens (including phenoxy) is 1. The summed E-state index contributed by atoms with van der Waals surface area (Å²) in [5, 5.41) is 3.49. The maximum Gasteiger partial charge on any atom is 0.149 e. The fourth-order valence-electron chi connectivity index (χ4n) is 2.84. The van der Waals surface area contributed by atoms with E-state index in [4.69, 9.17) is 4.74 Å². The summed E-state index contributed by atoms with van der Waals surface area (Å²) in [4.78, 5) is 4.21. The van der Waals surface area contributed by atoms with Gasteiger partial charge in [-0.1, -0.05) is 18.2 Å². The molecular weight excluding hydrogens is 248 g/mol. The Bertz CT molecular complexity index is 556. The molecule has 2 atom stereocenters. The van der Waals surface area contributed by atoms with Crippen LogP contribution in [0.4, 0.5) is 0 Å². The molecule has 2 unspecified atom stereocenters. The lowest BCUT2D eigenvalue weighted by atomic mass is 9.87. The number of nitrogens with zero attached hydrogens (tertiary/aromatic N) is 1. The summed E-state index contributed by atoms with van der Waals surface area (Å²) >= 11 is 0. The van der Waals surface area contributed by atoms with Gasteiger partial charge in [-0.3, -0.25) is 4.98 Å². The molecule has 3 heteroatoms. The molecule has 1 fully saturated rings. The highest BCUT2D eigenvalue weighted by atomic mass is 16.5. The van der Waals surface area contributed by atoms with Crippen LogP contribution in [0.2, 0.25) is 0 Å². The third-order valence-corrected chi connectivity index (χ3v) is 3.85. The molecule has 104 valence electrons. The summed E-state index contributed by atoms with van der Waals surface area (Å²) in [6.07, 6.45) is 5.99. The van der Waals surface area contributed by atoms with Crippen LogP contribution < -0.4 is 10.1 Å². The molecule has 1 aliphatic rings. The average Bonchev–Trinajstić information content (AvgIpc) is 2.49. The van der Waals surface area contributed by atoms with Gasteiger partial charge in [-0.25, -0.2) is 0 Å². The van der Waals surface area contributed by atoms with Crippen LogP contribution in [0.15, 0.2) is 48.8 Å². The Morgan fingerprint density at radius 3 is 2.85 bits per heavy atom. The van der Waals surface area contributed by atoms with Crippen molar-refractivity contribution in [3.63, 3.8) is 0 Å². The average molecular weight is 268 g/mol. The molecule has 0 radical (unpaired) electrons. The third-order valence-electron chi connectivity index (χ3n) is 3.85. The van der Waals surface area contributed by atoms with Crippen LogP contribution in [-0.2, 0) is 0 Å². The molecule has 1 N–H and O–H groups in total. The van der Waals surface area contributed by atoms with Crippen molar-refractivity contribution in [3.8, 4) is 11.5 Å². The zero-order chi connectivity index (χ0) is 13.8. The van der Waals surface area contributed by atoms with Crippen molar-refractivity contribution in [2.75, 3.05) is 6.54 Å². The van der Waals surface area contributed by atoms with E-state index in [1.54, 1.807) is 0 Å². The molecule has 3 nitrogen and oxygen atoms in total. The smallest absolute Gasteiger partial charge is 0.149 e. The van der Waals surface area contributed by atoms with Crippen molar-refractivity contribution in [2.24, 2.45) is 0 Å². The largest absolute Gasteiger partial charge is 0.455 e. The summed E-state index contributed by atoms with van der Waals surface area (Å²) < 4.78 is 6.02. The number of pyridine rings is 1. The molecule has 20 heavy (non-hydrogen) atoms. The highest BCUT2D eigenvalue weighted by Crippen LogP contribution is 2.35. The van der Waals surface area contributed by atoms with E-state index in [0.717, 1.165) is 30.9 Å². The van der Waals surface area contributed by atoms with Crippen LogP contribution in [0.1, 0.15) is 31.2 Å². The Hall–Kier alpha value is -1.87. The fraction of sp³-hybridized carbons (Fsp3) is 0.353. The van der Waals surface area contributed by atoms with E-state index in [-0.39, 0.29) is 0 Å². The number of piperidine rings is 1. The second kappa shape index (κ2) is 6.06. The van der Waals surface area contributed by atoms with Gasteiger partial charge in [0, 0.05) is 17.8 Å². The first kappa shape index (κ1) is 13.1. The molecule has 2 aromatic rings. The number of para-hydroxylation sites is 1. The maximum absolute atomic E-state index is 6.02. The predicted molar refractivity (Wildman–Crippen MR) is 80.2 cm³/mol. The Balaban J connectivity index is 1.84. The first-order valence-electron chi connectivity index (χ1n) is 7.23. The highest BCUT2D eigenvalue weighted by molar-refractivity contribution is 5.38. The highest BCUT2D eigenvalue weighted by Gasteiger charge is 2.22. The Morgan fingerprint density at radius 1 is 1.20 bits per heavy atom. The Kier molecular flexibility index (Phi) is 3.97. The fourth-order valence-corrected chi connectivity index (χ4v) is 2.84. The SMILES string of the molecule is CC1CC(c2ccncc2Oc2ccccc2)CCN1. The van der Waals surface area contributed by atoms with Gasteiger partial charge in [-0.15, -0.1) is 0 Å². The zero-order valence-corrected chi connectivity index (χ0v) is 11.8. The van der Waals surface area contributed by atoms with E-state index in [1.807, 2.05) is 42.7 Å². The first-order valence-corrected chi connectivity index (χ1v) is 7.23. The molecule has 1 aromatic heterocycles. The van der Waals surface area contributed by atoms with Gasteiger partial charge in [0.1, 0.15) is 11.5 Å². The van der Waals surface area contributed by atoms with Crippen molar-refractivity contribution in [2.45, 2.75) is 31.7 Å². The lowest BCUT2D eigenvalue weighted by Gasteiger charge is -2.29. The van der Waals surface area contributed by atoms with Gasteiger partial charge in [0.15, 0.2) is 0 Å². The van der Waals surface area contributed by atoms with Crippen LogP contribution in [-0.4, -0.2) is 17.6 Å². The van der Waals surface area contributed by atoms with Gasteiger partial charge in [-0.2, -0.15) is 0 Å². The summed E-state index contributed by atoms with van der Waals surface area (Å²) in [5.41, 5.74) is 1.28. The van der Waals surface area contributed by atoms with E-state index >= 15 is 0 Å². The van der Waals surface area contributed by atoms with Crippen LogP contribution in [0, 0.1) is 0 Å². The number of hydrogen-bond acceptors (Lipinski definition) is 3. The minimum absolute atomic E-state index is 0.549. The van der Waals surface area contributed by atoms with E-state index < -0.39 is 0 Å². The van der Waals surface area contributed by atoms with Crippen LogP contribution in [0.3, 0.4) is 0 Å². The number of rotatable bonds is 3. The van der Waals surface area contributed by atoms with E-state index in [1.165, 1.54) is 5.56 Å². The minimum Gasteiger partial charge on any atom is -0.455 e. The zero-order valence-electron chi connectivity index (χ0n) is 11.8. The van der Waals surface area contributed by atoms with Gasteiger partial charge < -0.3 is 10.1 Å². The van der Waals surface area contributed by atoms with Crippen molar-refractivity contribution >= 4 is 0 Å². The summed E-state index contributed by atoms with van der Waals surface area (Å²) in [6.45, 7) is 3.31. The van der Waals surface area contributed by atoms with Crippen LogP contribution >= 0.6 is 0 Å². The molecule has 3 rings (SSSR count). The number of nitrogens with one attached hydrogen (secondary N) is 1. The summed E-state index contributed by atoms with van der Waals surface area (Å²) in [6, 6.07) is 12.6. The van der Waals surface area contributed by atoms with Crippen molar-refractivity contribution in [3.05, 3.63) is 54.4 Å². The normalized spacial score (nSPS) is 22.4. The van der Waals surface area contributed by atoms with E-state index in [0.29, 0.717) is 12.0 Å². The number of aromatic nitrogens is 1. The summed E-state index contributed by atoms with van der Waals surface area (Å²) in [5.74, 6) is 2.30. The van der Waals surface area contributed by atoms with Gasteiger partial charge in [0.25, 0.3) is 0 Å². The van der Waals surface area contributed by atoms with Gasteiger partial charge >= 0.3 is 0 Å². The lowest BCUT2D eigenvalue weighted by Crippen LogP contribution is -2.34. The first-order chi connectivity index (χ1) is 9.83. The lowest BCUT2D eigenvalue weighted by molar-refractivity contribution is 0.371. The molecule has 0 bridgehead atoms. The number of benzene rings is 1. The molecule has 1 saturated heterocycles. The molecule has 1 aliphatic heterocycles. The van der Waals surface area contributed by atoms with Gasteiger partial charge in [0.2, 0.25) is 0 Å². The monoisotopic (exact) mass is 268 g/mol. The van der Waals surface area contributed by atoms with Crippen molar-refractivity contribution < 1.29 is 4.74 Å². The maximum atomic E-state index is 6.02. The predicted octanol–water partition coefficient (Wildman–Crippen LogP) is 3.73. The van der Waals surface area contributed by atoms with Crippen molar-refractivity contribution in [1.82, 2.24) is 10.3 Å². The molecule has 0 aliphatic carbocycles. The van der Waals surface area contributed by atoms with Gasteiger partial charge in [0.05, 0.1) is 6.20 Å². The van der Waals surface area contributed by atoms with Crippen LogP contribution in [0.5, 0.6) is 11.5 Å². The van der Waals surface area contributed by atoms with Crippen LogP contribution in [0.25, 0.3) is 0 Å². The standard InChI is InChI=1S/C17H20N2O/c1-13-11-14(7-10-19-13)16-8-9-18-12-17(16)20-15-5-3-2-4-6-15/h2-6,8-9,12-14,19H,7,10-11H2,1H3. The molecule has 0 saturated carbocycles. The second-order valence-corrected chi connectivity index (χ2v) is 5.41. The van der Waals surface area contributed by atoms with E-state index in [2.05, 4.69) is 23.3 Å². The summed E-state index contributed by atoms with van der Waals surface area (Å²) in [7, 11) is 0. The molecule has 1 aromatic carbocycles. The van der Waals surface area contributed by atoms with E-state index in [9.17, 15) is 0 Å². The Labute approximate surface area is 120 Å². The minimum atomic E-state index is 0.549. The second-order valence-electron chi connectivity index (χ2n) is 5.41. The van der Waals surface area contributed by atoms with Crippen molar-refractivity contribution in [1.29, 1.82) is 0 Å². The quantitative estimate of drug-likeness (QED) is 0.921. The Morgan fingerprint density at radius 2 is 2.05 bits per heavy atom. The topological polar surface area (TPSA) is 34.1 Å². The third kappa shape index (κ3) is 2.99.